The van der Waals surface area contributed by atoms with Gasteiger partial charge in [0.05, 0.1) is 6.04 Å². The largest absolute Gasteiger partial charge is 0.508 e. The minimum Gasteiger partial charge on any atom is -0.508 e. The number of hydrogen-bond donors (Lipinski definition) is 6. The van der Waals surface area contributed by atoms with Gasteiger partial charge in [-0.1, -0.05) is 36.4 Å². The van der Waals surface area contributed by atoms with Crippen molar-refractivity contribution in [3.05, 3.63) is 65.2 Å². The van der Waals surface area contributed by atoms with E-state index in [0.29, 0.717) is 11.1 Å². The Morgan fingerprint density at radius 3 is 2.08 bits per heavy atom. The Morgan fingerprint density at radius 1 is 0.917 bits per heavy atom. The fraction of sp³-hybridized carbons (Fsp3) is 0.414. The van der Waals surface area contributed by atoms with Crippen molar-refractivity contribution < 1.29 is 70.0 Å². The minimum atomic E-state index is -5.94. The standard InChI is InChI=1S/C29H32F6N4O9/c1-15-11-18(40)8-7-17(15)12-21(25(44)48-26(36)45)39-23(41)20(13-22(28(30,31)32)29(33,34)35)38-19(24(42)43)9-10-37-27(46)47-14-16-5-3-2-4-6-16/h2-8,11,19-22,38,40H,9-10,12-14H2,1H3,(H2,36,45)(H,37,46)(H,39,41)(H,42,43)/t19?,20?,21-/m0/s1. The van der Waals surface area contributed by atoms with Crippen LogP contribution in [0, 0.1) is 12.8 Å². The Hall–Kier alpha value is -5.07. The van der Waals surface area contributed by atoms with E-state index in [1.54, 1.807) is 30.3 Å². The number of alkyl halides is 6. The third kappa shape index (κ3) is 13.0. The number of phenols is 1. The number of esters is 1. The number of primary amides is 1. The van der Waals surface area contributed by atoms with Crippen LogP contribution in [0.4, 0.5) is 35.9 Å². The molecule has 19 heteroatoms. The molecule has 0 aliphatic rings. The van der Waals surface area contributed by atoms with Gasteiger partial charge in [-0.25, -0.2) is 14.4 Å². The number of aliphatic carboxylic acids is 1. The monoisotopic (exact) mass is 694 g/mol. The summed E-state index contributed by atoms with van der Waals surface area (Å²) in [6, 6.07) is 5.52. The van der Waals surface area contributed by atoms with Crippen LogP contribution >= 0.6 is 0 Å². The maximum Gasteiger partial charge on any atom is 0.412 e. The van der Waals surface area contributed by atoms with Crippen molar-refractivity contribution in [3.8, 4) is 5.75 Å². The first-order valence-electron chi connectivity index (χ1n) is 13.9. The van der Waals surface area contributed by atoms with E-state index in [9.17, 15) is 60.5 Å². The molecule has 2 unspecified atom stereocenters. The van der Waals surface area contributed by atoms with Crippen LogP contribution in [0.2, 0.25) is 0 Å². The number of aryl methyl sites for hydroxylation is 1. The van der Waals surface area contributed by atoms with Crippen molar-refractivity contribution in [1.29, 1.82) is 0 Å². The molecule has 2 rings (SSSR count). The number of alkyl carbamates (subject to hydrolysis) is 1. The third-order valence-corrected chi connectivity index (χ3v) is 6.75. The first-order chi connectivity index (χ1) is 22.3. The normalized spacial score (nSPS) is 13.6. The van der Waals surface area contributed by atoms with Crippen LogP contribution < -0.4 is 21.7 Å². The minimum absolute atomic E-state index is 0.172. The van der Waals surface area contributed by atoms with Gasteiger partial charge in [0.1, 0.15) is 24.4 Å². The number of carbonyl (C=O) groups excluding carboxylic acids is 4. The molecule has 2 aromatic carbocycles. The molecule has 0 spiro atoms. The first-order valence-corrected chi connectivity index (χ1v) is 13.9. The fourth-order valence-corrected chi connectivity index (χ4v) is 4.32. The van der Waals surface area contributed by atoms with E-state index in [4.69, 9.17) is 10.5 Å². The molecule has 48 heavy (non-hydrogen) atoms. The molecule has 0 aromatic heterocycles. The highest BCUT2D eigenvalue weighted by atomic mass is 19.4. The van der Waals surface area contributed by atoms with Crippen LogP contribution in [0.1, 0.15) is 29.5 Å². The zero-order valence-electron chi connectivity index (χ0n) is 25.1. The number of carboxylic acids is 1. The second-order valence-electron chi connectivity index (χ2n) is 10.4. The molecule has 0 radical (unpaired) electrons. The van der Waals surface area contributed by atoms with E-state index in [2.05, 4.69) is 10.1 Å². The van der Waals surface area contributed by atoms with Gasteiger partial charge in [0.2, 0.25) is 5.91 Å². The second kappa shape index (κ2) is 17.2. The number of aromatic hydroxyl groups is 1. The van der Waals surface area contributed by atoms with E-state index >= 15 is 0 Å². The number of halogens is 6. The molecule has 0 bridgehead atoms. The molecule has 7 N–H and O–H groups in total. The number of nitrogens with one attached hydrogen (secondary N) is 3. The molecule has 0 aliphatic carbocycles. The summed E-state index contributed by atoms with van der Waals surface area (Å²) >= 11 is 0. The van der Waals surface area contributed by atoms with Gasteiger partial charge in [-0.3, -0.25) is 14.9 Å². The molecule has 264 valence electrons. The molecular formula is C29H32F6N4O9. The van der Waals surface area contributed by atoms with Gasteiger partial charge in [-0.2, -0.15) is 26.3 Å². The number of nitrogens with two attached hydrogens (primary N) is 1. The Morgan fingerprint density at radius 2 is 1.54 bits per heavy atom. The lowest BCUT2D eigenvalue weighted by molar-refractivity contribution is -0.286. The molecule has 3 amide bonds. The quantitative estimate of drug-likeness (QED) is 0.0912. The predicted molar refractivity (Wildman–Crippen MR) is 152 cm³/mol. The van der Waals surface area contributed by atoms with Gasteiger partial charge in [0, 0.05) is 13.0 Å². The van der Waals surface area contributed by atoms with Crippen LogP contribution in [0.5, 0.6) is 5.75 Å². The van der Waals surface area contributed by atoms with E-state index < -0.39 is 92.2 Å². The summed E-state index contributed by atoms with van der Waals surface area (Å²) in [5.41, 5.74) is 6.00. The third-order valence-electron chi connectivity index (χ3n) is 6.75. The molecule has 0 fully saturated rings. The molecule has 13 nitrogen and oxygen atoms in total. The number of benzene rings is 2. The van der Waals surface area contributed by atoms with Gasteiger partial charge < -0.3 is 36.1 Å². The summed E-state index contributed by atoms with van der Waals surface area (Å²) in [6.45, 7) is 0.772. The predicted octanol–water partition coefficient (Wildman–Crippen LogP) is 3.21. The van der Waals surface area contributed by atoms with Crippen LogP contribution in [0.25, 0.3) is 0 Å². The van der Waals surface area contributed by atoms with Crippen molar-refractivity contribution >= 4 is 30.0 Å². The SMILES string of the molecule is Cc1cc(O)ccc1C[C@H](NC(=O)C(CC(C(F)(F)F)C(F)(F)F)NC(CCNC(=O)OCc1ccccc1)C(=O)O)C(=O)OC(N)=O. The van der Waals surface area contributed by atoms with Crippen molar-refractivity contribution in [1.82, 2.24) is 16.0 Å². The first kappa shape index (κ1) is 39.1. The average molecular weight is 695 g/mol. The Bertz CT molecular complexity index is 1430. The van der Waals surface area contributed by atoms with Crippen LogP contribution in [-0.2, 0) is 36.9 Å². The molecule has 0 aliphatic heterocycles. The lowest BCUT2D eigenvalue weighted by atomic mass is 9.95. The van der Waals surface area contributed by atoms with Crippen LogP contribution in [0.15, 0.2) is 48.5 Å². The van der Waals surface area contributed by atoms with Gasteiger partial charge >= 0.3 is 36.5 Å². The lowest BCUT2D eigenvalue weighted by Crippen LogP contribution is -2.57. The van der Waals surface area contributed by atoms with Crippen molar-refractivity contribution in [2.75, 3.05) is 6.54 Å². The Labute approximate surface area is 268 Å². The summed E-state index contributed by atoms with van der Waals surface area (Å²) in [4.78, 5) is 61.0. The molecule has 3 atom stereocenters. The number of phenolic OH excluding ortho intramolecular Hbond substituents is 1. The lowest BCUT2D eigenvalue weighted by Gasteiger charge is -2.30. The van der Waals surface area contributed by atoms with Gasteiger partial charge in [-0.15, -0.1) is 0 Å². The maximum atomic E-state index is 13.5. The Balaban J connectivity index is 2.31. The summed E-state index contributed by atoms with van der Waals surface area (Å²) in [7, 11) is 0. The highest BCUT2D eigenvalue weighted by Gasteiger charge is 2.57. The summed E-state index contributed by atoms with van der Waals surface area (Å²) < 4.78 is 90.3. The van der Waals surface area contributed by atoms with E-state index in [1.807, 2.05) is 10.6 Å². The highest BCUT2D eigenvalue weighted by molar-refractivity contribution is 5.92. The van der Waals surface area contributed by atoms with Crippen LogP contribution in [0.3, 0.4) is 0 Å². The molecule has 2 aromatic rings. The fourth-order valence-electron chi connectivity index (χ4n) is 4.32. The summed E-state index contributed by atoms with van der Waals surface area (Å²) in [5.74, 6) is -9.38. The Kier molecular flexibility index (Phi) is 14.0. The van der Waals surface area contributed by atoms with Gasteiger partial charge in [-0.05, 0) is 48.6 Å². The van der Waals surface area contributed by atoms with Gasteiger partial charge in [0.25, 0.3) is 0 Å². The van der Waals surface area contributed by atoms with Gasteiger partial charge in [0.15, 0.2) is 5.92 Å². The van der Waals surface area contributed by atoms with E-state index in [0.717, 1.165) is 0 Å². The van der Waals surface area contributed by atoms with E-state index in [1.165, 1.54) is 25.1 Å². The highest BCUT2D eigenvalue weighted by Crippen LogP contribution is 2.42. The number of hydrogen-bond acceptors (Lipinski definition) is 9. The zero-order chi connectivity index (χ0) is 36.2. The number of rotatable bonds is 15. The van der Waals surface area contributed by atoms with E-state index in [-0.39, 0.29) is 17.9 Å². The molecule has 0 heterocycles. The van der Waals surface area contributed by atoms with Crippen LogP contribution in [-0.4, -0.2) is 77.3 Å². The number of amides is 3. The number of carboxylic acid groups (broad SMARTS) is 1. The molecule has 0 saturated carbocycles. The average Bonchev–Trinajstić information content (AvgIpc) is 2.96. The zero-order valence-corrected chi connectivity index (χ0v) is 25.1. The van der Waals surface area contributed by atoms with Crippen molar-refractivity contribution in [2.45, 2.75) is 63.3 Å². The number of carbonyl (C=O) groups is 5. The molecule has 0 saturated heterocycles. The van der Waals surface area contributed by atoms with Crippen molar-refractivity contribution in [2.24, 2.45) is 11.7 Å². The second-order valence-corrected chi connectivity index (χ2v) is 10.4. The number of ether oxygens (including phenoxy) is 2. The topological polar surface area (TPSA) is 206 Å². The summed E-state index contributed by atoms with van der Waals surface area (Å²) in [6.07, 6.45) is -17.8. The molecular weight excluding hydrogens is 662 g/mol. The summed E-state index contributed by atoms with van der Waals surface area (Å²) in [5, 5.41) is 25.3. The smallest absolute Gasteiger partial charge is 0.412 e. The maximum absolute atomic E-state index is 13.5. The van der Waals surface area contributed by atoms with Crippen molar-refractivity contribution in [3.63, 3.8) is 0 Å².